The largest absolute Gasteiger partial charge is 0.493 e. The smallest absolute Gasteiger partial charge is 0.259 e. The number of carbonyl (C=O) groups excluding carboxylic acids is 1. The molecule has 3 rings (SSSR count). The minimum atomic E-state index is -0.253. The number of nitrogens with one attached hydrogen (secondary N) is 1. The topological polar surface area (TPSA) is 65.4 Å². The Morgan fingerprint density at radius 3 is 2.92 bits per heavy atom. The molecule has 0 spiro atoms. The fourth-order valence-electron chi connectivity index (χ4n) is 3.31. The van der Waals surface area contributed by atoms with Crippen molar-refractivity contribution < 1.29 is 9.53 Å². The van der Waals surface area contributed by atoms with Crippen molar-refractivity contribution in [2.24, 2.45) is 0 Å². The lowest BCUT2D eigenvalue weighted by molar-refractivity contribution is 0.102. The van der Waals surface area contributed by atoms with Crippen LogP contribution < -0.4 is 10.1 Å². The number of likely N-dealkylation sites (N-methyl/N-ethyl adjacent to an activating group) is 1. The standard InChI is InChI=1S/C21H23N3O2/c1-4-26-20-10-14(2)16(12-22)11-18(20)21(25)23-19-7-5-6-15-13-24(3)9-8-17(15)19/h5-7,10-11H,4,8-9,13H2,1-3H3,(H,23,25). The van der Waals surface area contributed by atoms with Crippen molar-refractivity contribution in [1.82, 2.24) is 4.90 Å². The highest BCUT2D eigenvalue weighted by molar-refractivity contribution is 6.07. The first-order valence-electron chi connectivity index (χ1n) is 8.81. The summed E-state index contributed by atoms with van der Waals surface area (Å²) < 4.78 is 5.63. The molecule has 2 aromatic carbocycles. The van der Waals surface area contributed by atoms with Gasteiger partial charge in [0.15, 0.2) is 0 Å². The molecule has 0 atom stereocenters. The van der Waals surface area contributed by atoms with Gasteiger partial charge in [-0.15, -0.1) is 0 Å². The van der Waals surface area contributed by atoms with Crippen LogP contribution in [-0.2, 0) is 13.0 Å². The van der Waals surface area contributed by atoms with E-state index in [1.807, 2.05) is 26.0 Å². The van der Waals surface area contributed by atoms with Crippen molar-refractivity contribution in [2.45, 2.75) is 26.8 Å². The van der Waals surface area contributed by atoms with E-state index in [-0.39, 0.29) is 5.91 Å². The number of rotatable bonds is 4. The highest BCUT2D eigenvalue weighted by Gasteiger charge is 2.20. The molecular formula is C21H23N3O2. The summed E-state index contributed by atoms with van der Waals surface area (Å²) in [7, 11) is 2.10. The lowest BCUT2D eigenvalue weighted by atomic mass is 9.97. The van der Waals surface area contributed by atoms with Crippen molar-refractivity contribution in [2.75, 3.05) is 25.5 Å². The molecule has 0 radical (unpaired) electrons. The maximum absolute atomic E-state index is 12.9. The quantitative estimate of drug-likeness (QED) is 0.917. The van der Waals surface area contributed by atoms with Gasteiger partial charge in [-0.1, -0.05) is 12.1 Å². The third kappa shape index (κ3) is 3.56. The van der Waals surface area contributed by atoms with Gasteiger partial charge in [0.05, 0.1) is 23.8 Å². The molecule has 0 aromatic heterocycles. The lowest BCUT2D eigenvalue weighted by Gasteiger charge is -2.26. The van der Waals surface area contributed by atoms with Gasteiger partial charge in [-0.25, -0.2) is 0 Å². The normalized spacial score (nSPS) is 13.6. The van der Waals surface area contributed by atoms with Crippen molar-refractivity contribution in [1.29, 1.82) is 5.26 Å². The van der Waals surface area contributed by atoms with Crippen molar-refractivity contribution in [3.05, 3.63) is 58.1 Å². The average Bonchev–Trinajstić information content (AvgIpc) is 2.62. The number of nitrogens with zero attached hydrogens (tertiary/aromatic N) is 2. The van der Waals surface area contributed by atoms with Crippen LogP contribution in [0, 0.1) is 18.3 Å². The Balaban J connectivity index is 1.94. The summed E-state index contributed by atoms with van der Waals surface area (Å²) in [6, 6.07) is 11.5. The van der Waals surface area contributed by atoms with Crippen LogP contribution in [0.4, 0.5) is 5.69 Å². The van der Waals surface area contributed by atoms with E-state index in [0.717, 1.165) is 30.8 Å². The van der Waals surface area contributed by atoms with E-state index in [1.165, 1.54) is 11.1 Å². The molecule has 0 unspecified atom stereocenters. The number of benzene rings is 2. The Morgan fingerprint density at radius 1 is 1.38 bits per heavy atom. The molecule has 1 amide bonds. The van der Waals surface area contributed by atoms with E-state index in [9.17, 15) is 10.1 Å². The predicted octanol–water partition coefficient (Wildman–Crippen LogP) is 3.51. The molecule has 0 aliphatic carbocycles. The molecule has 26 heavy (non-hydrogen) atoms. The summed E-state index contributed by atoms with van der Waals surface area (Å²) in [5, 5.41) is 12.3. The molecule has 134 valence electrons. The number of hydrogen-bond acceptors (Lipinski definition) is 4. The van der Waals surface area contributed by atoms with Gasteiger partial charge in [0.25, 0.3) is 5.91 Å². The van der Waals surface area contributed by atoms with Crippen molar-refractivity contribution >= 4 is 11.6 Å². The summed E-state index contributed by atoms with van der Waals surface area (Å²) in [4.78, 5) is 15.2. The Labute approximate surface area is 154 Å². The Hall–Kier alpha value is -2.84. The zero-order chi connectivity index (χ0) is 18.7. The number of nitriles is 1. The summed E-state index contributed by atoms with van der Waals surface area (Å²) in [6.45, 7) is 6.02. The number of fused-ring (bicyclic) bond motifs is 1. The van der Waals surface area contributed by atoms with E-state index in [1.54, 1.807) is 12.1 Å². The molecule has 0 fully saturated rings. The summed E-state index contributed by atoms with van der Waals surface area (Å²) in [5.74, 6) is 0.253. The van der Waals surface area contributed by atoms with E-state index >= 15 is 0 Å². The first kappa shape index (κ1) is 18.0. The second kappa shape index (κ2) is 7.59. The first-order chi connectivity index (χ1) is 12.5. The molecule has 0 bridgehead atoms. The molecule has 1 N–H and O–H groups in total. The van der Waals surface area contributed by atoms with E-state index in [2.05, 4.69) is 29.4 Å². The van der Waals surface area contributed by atoms with Crippen LogP contribution in [-0.4, -0.2) is 31.0 Å². The van der Waals surface area contributed by atoms with Gasteiger partial charge in [-0.05, 0) is 62.2 Å². The summed E-state index contributed by atoms with van der Waals surface area (Å²) in [5.41, 5.74) is 4.93. The van der Waals surface area contributed by atoms with E-state index in [4.69, 9.17) is 4.74 Å². The Bertz CT molecular complexity index is 884. The molecule has 2 aromatic rings. The van der Waals surface area contributed by atoms with Gasteiger partial charge < -0.3 is 15.0 Å². The average molecular weight is 349 g/mol. The van der Waals surface area contributed by atoms with Crippen LogP contribution in [0.25, 0.3) is 0 Å². The number of anilines is 1. The molecule has 0 saturated heterocycles. The van der Waals surface area contributed by atoms with Crippen molar-refractivity contribution in [3.63, 3.8) is 0 Å². The van der Waals surface area contributed by atoms with Crippen LogP contribution in [0.1, 0.15) is 39.5 Å². The monoisotopic (exact) mass is 349 g/mol. The van der Waals surface area contributed by atoms with Gasteiger partial charge >= 0.3 is 0 Å². The molecular weight excluding hydrogens is 326 g/mol. The van der Waals surface area contributed by atoms with Crippen molar-refractivity contribution in [3.8, 4) is 11.8 Å². The molecule has 1 aliphatic heterocycles. The molecule has 1 aliphatic rings. The predicted molar refractivity (Wildman–Crippen MR) is 101 cm³/mol. The summed E-state index contributed by atoms with van der Waals surface area (Å²) in [6.07, 6.45) is 0.901. The minimum Gasteiger partial charge on any atom is -0.493 e. The van der Waals surface area contributed by atoms with Crippen LogP contribution >= 0.6 is 0 Å². The van der Waals surface area contributed by atoms with Gasteiger partial charge in [0.2, 0.25) is 0 Å². The van der Waals surface area contributed by atoms with E-state index < -0.39 is 0 Å². The maximum Gasteiger partial charge on any atom is 0.259 e. The van der Waals surface area contributed by atoms with Gasteiger partial charge in [-0.2, -0.15) is 5.26 Å². The Morgan fingerprint density at radius 2 is 2.19 bits per heavy atom. The Kier molecular flexibility index (Phi) is 5.24. The molecule has 1 heterocycles. The van der Waals surface area contributed by atoms with Gasteiger partial charge in [0, 0.05) is 18.8 Å². The third-order valence-corrected chi connectivity index (χ3v) is 4.70. The number of amides is 1. The number of carbonyl (C=O) groups is 1. The van der Waals surface area contributed by atoms with Gasteiger partial charge in [-0.3, -0.25) is 4.79 Å². The molecule has 5 heteroatoms. The highest BCUT2D eigenvalue weighted by Crippen LogP contribution is 2.28. The number of aryl methyl sites for hydroxylation is 1. The van der Waals surface area contributed by atoms with Gasteiger partial charge in [0.1, 0.15) is 5.75 Å². The first-order valence-corrected chi connectivity index (χ1v) is 8.81. The minimum absolute atomic E-state index is 0.253. The summed E-state index contributed by atoms with van der Waals surface area (Å²) >= 11 is 0. The third-order valence-electron chi connectivity index (χ3n) is 4.70. The van der Waals surface area contributed by atoms with Crippen LogP contribution in [0.5, 0.6) is 5.75 Å². The van der Waals surface area contributed by atoms with Crippen LogP contribution in [0.3, 0.4) is 0 Å². The van der Waals surface area contributed by atoms with Crippen LogP contribution in [0.15, 0.2) is 30.3 Å². The second-order valence-electron chi connectivity index (χ2n) is 6.59. The number of hydrogen-bond donors (Lipinski definition) is 1. The maximum atomic E-state index is 12.9. The fourth-order valence-corrected chi connectivity index (χ4v) is 3.31. The second-order valence-corrected chi connectivity index (χ2v) is 6.59. The highest BCUT2D eigenvalue weighted by atomic mass is 16.5. The van der Waals surface area contributed by atoms with Crippen LogP contribution in [0.2, 0.25) is 0 Å². The number of ether oxygens (including phenoxy) is 1. The lowest BCUT2D eigenvalue weighted by Crippen LogP contribution is -2.27. The van der Waals surface area contributed by atoms with E-state index in [0.29, 0.717) is 23.5 Å². The fraction of sp³-hybridized carbons (Fsp3) is 0.333. The zero-order valence-corrected chi connectivity index (χ0v) is 15.4. The molecule has 0 saturated carbocycles. The zero-order valence-electron chi connectivity index (χ0n) is 15.4. The SMILES string of the molecule is CCOc1cc(C)c(C#N)cc1C(=O)Nc1cccc2c1CCN(C)C2. The molecule has 5 nitrogen and oxygen atoms in total.